The van der Waals surface area contributed by atoms with Gasteiger partial charge in [-0.25, -0.2) is 0 Å². The molecule has 0 saturated heterocycles. The molecule has 100 valence electrons. The highest BCUT2D eigenvalue weighted by molar-refractivity contribution is 9.10. The summed E-state index contributed by atoms with van der Waals surface area (Å²) in [6.45, 7) is 2.61. The molecule has 0 amide bonds. The zero-order valence-electron chi connectivity index (χ0n) is 10.8. The molecule has 0 radical (unpaired) electrons. The average molecular weight is 321 g/mol. The highest BCUT2D eigenvalue weighted by atomic mass is 79.9. The summed E-state index contributed by atoms with van der Waals surface area (Å²) >= 11 is 3.44. The Morgan fingerprint density at radius 1 is 1.16 bits per heavy atom. The molecule has 0 aliphatic rings. The minimum Gasteiger partial charge on any atom is -0.494 e. The van der Waals surface area contributed by atoms with Gasteiger partial charge in [-0.2, -0.15) is 0 Å². The van der Waals surface area contributed by atoms with Crippen molar-refractivity contribution in [2.24, 2.45) is 0 Å². The van der Waals surface area contributed by atoms with Gasteiger partial charge in [0.2, 0.25) is 0 Å². The van der Waals surface area contributed by atoms with Gasteiger partial charge in [0, 0.05) is 10.9 Å². The van der Waals surface area contributed by atoms with E-state index in [1.807, 2.05) is 55.5 Å². The lowest BCUT2D eigenvalue weighted by atomic mass is 10.0. The summed E-state index contributed by atoms with van der Waals surface area (Å²) in [5.74, 6) is 0.834. The van der Waals surface area contributed by atoms with Gasteiger partial charge in [-0.15, -0.1) is 0 Å². The zero-order chi connectivity index (χ0) is 13.7. The summed E-state index contributed by atoms with van der Waals surface area (Å²) in [6.07, 6.45) is 0.109. The fourth-order valence-electron chi connectivity index (χ4n) is 1.96. The Bertz CT molecular complexity index is 523. The fraction of sp³-hybridized carbons (Fsp3) is 0.250. The lowest BCUT2D eigenvalue weighted by molar-refractivity contribution is 0.178. The summed E-state index contributed by atoms with van der Waals surface area (Å²) in [6, 6.07) is 15.6. The van der Waals surface area contributed by atoms with Crippen molar-refractivity contribution in [3.63, 3.8) is 0 Å². The van der Waals surface area contributed by atoms with Gasteiger partial charge in [0.1, 0.15) is 5.75 Å². The molecule has 2 aromatic rings. The minimum atomic E-state index is -0.495. The first-order chi connectivity index (χ1) is 9.19. The van der Waals surface area contributed by atoms with E-state index >= 15 is 0 Å². The van der Waals surface area contributed by atoms with Gasteiger partial charge in [-0.3, -0.25) is 0 Å². The van der Waals surface area contributed by atoms with E-state index in [1.165, 1.54) is 0 Å². The molecule has 0 fully saturated rings. The molecular formula is C16H17BrO2. The van der Waals surface area contributed by atoms with Crippen LogP contribution in [0.15, 0.2) is 53.0 Å². The van der Waals surface area contributed by atoms with Crippen LogP contribution in [-0.2, 0) is 6.42 Å². The molecule has 19 heavy (non-hydrogen) atoms. The summed E-state index contributed by atoms with van der Waals surface area (Å²) < 4.78 is 6.42. The second kappa shape index (κ2) is 6.73. The molecule has 3 heteroatoms. The maximum atomic E-state index is 10.2. The summed E-state index contributed by atoms with van der Waals surface area (Å²) in [5, 5.41) is 10.2. The van der Waals surface area contributed by atoms with E-state index < -0.39 is 6.10 Å². The lowest BCUT2D eigenvalue weighted by Gasteiger charge is -2.12. The van der Waals surface area contributed by atoms with Crippen LogP contribution < -0.4 is 4.74 Å². The Morgan fingerprint density at radius 3 is 2.53 bits per heavy atom. The van der Waals surface area contributed by atoms with Crippen LogP contribution in [0.1, 0.15) is 24.2 Å². The lowest BCUT2D eigenvalue weighted by Crippen LogP contribution is -2.02. The first-order valence-corrected chi connectivity index (χ1v) is 7.13. The van der Waals surface area contributed by atoms with E-state index in [-0.39, 0.29) is 0 Å². The molecule has 2 nitrogen and oxygen atoms in total. The second-order valence-electron chi connectivity index (χ2n) is 4.35. The summed E-state index contributed by atoms with van der Waals surface area (Å²) in [4.78, 5) is 0. The van der Waals surface area contributed by atoms with Gasteiger partial charge < -0.3 is 9.84 Å². The Hall–Kier alpha value is -1.32. The smallest absolute Gasteiger partial charge is 0.119 e. The third kappa shape index (κ3) is 4.08. The third-order valence-corrected chi connectivity index (χ3v) is 3.39. The Balaban J connectivity index is 2.05. The van der Waals surface area contributed by atoms with Gasteiger partial charge in [-0.05, 0) is 42.3 Å². The maximum absolute atomic E-state index is 10.2. The number of benzene rings is 2. The Kier molecular flexibility index (Phi) is 5.00. The van der Waals surface area contributed by atoms with E-state index in [0.29, 0.717) is 13.0 Å². The molecule has 0 spiro atoms. The van der Waals surface area contributed by atoms with Crippen LogP contribution in [-0.4, -0.2) is 11.7 Å². The van der Waals surface area contributed by atoms with E-state index in [9.17, 15) is 5.11 Å². The molecule has 0 aromatic heterocycles. The van der Waals surface area contributed by atoms with Crippen molar-refractivity contribution in [1.29, 1.82) is 0 Å². The molecule has 0 aliphatic heterocycles. The molecule has 1 atom stereocenters. The van der Waals surface area contributed by atoms with Crippen molar-refractivity contribution < 1.29 is 9.84 Å². The monoisotopic (exact) mass is 320 g/mol. The summed E-state index contributed by atoms with van der Waals surface area (Å²) in [7, 11) is 0. The molecule has 2 rings (SSSR count). The van der Waals surface area contributed by atoms with E-state index in [4.69, 9.17) is 4.74 Å². The number of halogens is 1. The van der Waals surface area contributed by atoms with Crippen molar-refractivity contribution in [2.45, 2.75) is 19.4 Å². The number of rotatable bonds is 5. The normalized spacial score (nSPS) is 12.2. The number of hydrogen-bond donors (Lipinski definition) is 1. The molecule has 2 aromatic carbocycles. The van der Waals surface area contributed by atoms with Crippen LogP contribution in [0.4, 0.5) is 0 Å². The van der Waals surface area contributed by atoms with E-state index in [0.717, 1.165) is 21.3 Å². The van der Waals surface area contributed by atoms with Crippen LogP contribution >= 0.6 is 15.9 Å². The van der Waals surface area contributed by atoms with Gasteiger partial charge in [0.25, 0.3) is 0 Å². The first kappa shape index (κ1) is 14.1. The van der Waals surface area contributed by atoms with Crippen LogP contribution in [0.25, 0.3) is 0 Å². The fourth-order valence-corrected chi connectivity index (χ4v) is 2.40. The van der Waals surface area contributed by atoms with E-state index in [1.54, 1.807) is 0 Å². The highest BCUT2D eigenvalue weighted by Gasteiger charge is 2.09. The minimum absolute atomic E-state index is 0.495. The van der Waals surface area contributed by atoms with Crippen molar-refractivity contribution in [1.82, 2.24) is 0 Å². The van der Waals surface area contributed by atoms with Crippen LogP contribution in [0, 0.1) is 0 Å². The van der Waals surface area contributed by atoms with Crippen LogP contribution in [0.2, 0.25) is 0 Å². The number of ether oxygens (including phenoxy) is 1. The number of aliphatic hydroxyl groups is 1. The Morgan fingerprint density at radius 2 is 1.89 bits per heavy atom. The average Bonchev–Trinajstić information content (AvgIpc) is 2.40. The standard InChI is InChI=1S/C16H17BrO2/c1-2-19-15-8-6-13(7-9-15)16(18)11-12-4-3-5-14(17)10-12/h3-10,16,18H,2,11H2,1H3. The summed E-state index contributed by atoms with van der Waals surface area (Å²) in [5.41, 5.74) is 2.01. The topological polar surface area (TPSA) is 29.5 Å². The molecule has 0 saturated carbocycles. The predicted molar refractivity (Wildman–Crippen MR) is 80.4 cm³/mol. The molecule has 0 bridgehead atoms. The van der Waals surface area contributed by atoms with Crippen molar-refractivity contribution in [3.8, 4) is 5.75 Å². The molecule has 0 heterocycles. The zero-order valence-corrected chi connectivity index (χ0v) is 12.4. The molecular weight excluding hydrogens is 304 g/mol. The quantitative estimate of drug-likeness (QED) is 0.897. The molecule has 1 N–H and O–H groups in total. The number of hydrogen-bond acceptors (Lipinski definition) is 2. The predicted octanol–water partition coefficient (Wildman–Crippen LogP) is 4.12. The van der Waals surface area contributed by atoms with Gasteiger partial charge in [0.15, 0.2) is 0 Å². The molecule has 1 unspecified atom stereocenters. The number of aliphatic hydroxyl groups excluding tert-OH is 1. The largest absolute Gasteiger partial charge is 0.494 e. The van der Waals surface area contributed by atoms with Gasteiger partial charge in [-0.1, -0.05) is 40.2 Å². The van der Waals surface area contributed by atoms with Crippen molar-refractivity contribution in [2.75, 3.05) is 6.61 Å². The maximum Gasteiger partial charge on any atom is 0.119 e. The Labute approximate surface area is 122 Å². The van der Waals surface area contributed by atoms with Crippen molar-refractivity contribution >= 4 is 15.9 Å². The molecule has 0 aliphatic carbocycles. The van der Waals surface area contributed by atoms with E-state index in [2.05, 4.69) is 15.9 Å². The highest BCUT2D eigenvalue weighted by Crippen LogP contribution is 2.22. The van der Waals surface area contributed by atoms with Crippen LogP contribution in [0.5, 0.6) is 5.75 Å². The van der Waals surface area contributed by atoms with Crippen molar-refractivity contribution in [3.05, 3.63) is 64.1 Å². The van der Waals surface area contributed by atoms with Gasteiger partial charge >= 0.3 is 0 Å². The van der Waals surface area contributed by atoms with Crippen LogP contribution in [0.3, 0.4) is 0 Å². The first-order valence-electron chi connectivity index (χ1n) is 6.34. The van der Waals surface area contributed by atoms with Gasteiger partial charge in [0.05, 0.1) is 12.7 Å². The SMILES string of the molecule is CCOc1ccc(C(O)Cc2cccc(Br)c2)cc1. The second-order valence-corrected chi connectivity index (χ2v) is 5.27. The third-order valence-electron chi connectivity index (χ3n) is 2.89.